The molecule has 0 aliphatic heterocycles. The third-order valence-corrected chi connectivity index (χ3v) is 3.87. The van der Waals surface area contributed by atoms with E-state index in [0.29, 0.717) is 4.91 Å². The lowest BCUT2D eigenvalue weighted by atomic mass is 9.99. The number of carboxylic acid groups (broad SMARTS) is 1. The molecule has 5 heteroatoms. The van der Waals surface area contributed by atoms with E-state index in [1.54, 1.807) is 6.08 Å². The number of hydrogen-bond acceptors (Lipinski definition) is 4. The SMILES string of the molecule is C=N/C(C(=O)O)=C(\C=C(/C)C1(C#N)CC1)SCC. The number of allylic oxidation sites excluding steroid dienone is 2. The van der Waals surface area contributed by atoms with Gasteiger partial charge in [-0.25, -0.2) is 4.79 Å². The summed E-state index contributed by atoms with van der Waals surface area (Å²) >= 11 is 1.40. The zero-order chi connectivity index (χ0) is 13.8. The zero-order valence-electron chi connectivity index (χ0n) is 10.6. The van der Waals surface area contributed by atoms with Crippen LogP contribution in [0.15, 0.2) is 27.2 Å². The molecule has 18 heavy (non-hydrogen) atoms. The summed E-state index contributed by atoms with van der Waals surface area (Å²) in [5, 5.41) is 18.2. The minimum absolute atomic E-state index is 0.0464. The van der Waals surface area contributed by atoms with Crippen LogP contribution in [0.3, 0.4) is 0 Å². The monoisotopic (exact) mass is 264 g/mol. The smallest absolute Gasteiger partial charge is 0.355 e. The summed E-state index contributed by atoms with van der Waals surface area (Å²) in [6.07, 6.45) is 3.46. The van der Waals surface area contributed by atoms with Gasteiger partial charge < -0.3 is 5.11 Å². The second-order valence-corrected chi connectivity index (χ2v) is 5.44. The molecule has 0 atom stereocenters. The van der Waals surface area contributed by atoms with Gasteiger partial charge >= 0.3 is 5.97 Å². The molecule has 0 saturated heterocycles. The molecule has 0 aromatic heterocycles. The number of nitrogens with zero attached hydrogens (tertiary/aromatic N) is 2. The van der Waals surface area contributed by atoms with Crippen molar-refractivity contribution in [2.45, 2.75) is 26.7 Å². The maximum absolute atomic E-state index is 11.1. The predicted octanol–water partition coefficient (Wildman–Crippen LogP) is 2.99. The van der Waals surface area contributed by atoms with Gasteiger partial charge in [0.25, 0.3) is 0 Å². The third kappa shape index (κ3) is 3.02. The average molecular weight is 264 g/mol. The third-order valence-electron chi connectivity index (χ3n) is 2.96. The van der Waals surface area contributed by atoms with Gasteiger partial charge in [0.1, 0.15) is 0 Å². The van der Waals surface area contributed by atoms with Crippen LogP contribution in [0.1, 0.15) is 26.7 Å². The lowest BCUT2D eigenvalue weighted by molar-refractivity contribution is -0.132. The number of hydrogen-bond donors (Lipinski definition) is 1. The molecule has 0 radical (unpaired) electrons. The van der Waals surface area contributed by atoms with Crippen LogP contribution in [0.25, 0.3) is 0 Å². The first kappa shape index (κ1) is 14.5. The summed E-state index contributed by atoms with van der Waals surface area (Å²) < 4.78 is 0. The van der Waals surface area contributed by atoms with E-state index in [9.17, 15) is 4.79 Å². The molecule has 0 unspecified atom stereocenters. The van der Waals surface area contributed by atoms with Crippen molar-refractivity contribution in [1.29, 1.82) is 5.26 Å². The highest BCUT2D eigenvalue weighted by Gasteiger charge is 2.44. The Balaban J connectivity index is 3.15. The van der Waals surface area contributed by atoms with E-state index in [4.69, 9.17) is 10.4 Å². The van der Waals surface area contributed by atoms with Crippen LogP contribution in [0.5, 0.6) is 0 Å². The van der Waals surface area contributed by atoms with E-state index in [1.165, 1.54) is 11.8 Å². The van der Waals surface area contributed by atoms with Crippen LogP contribution in [0, 0.1) is 16.7 Å². The summed E-state index contributed by atoms with van der Waals surface area (Å²) in [4.78, 5) is 15.2. The van der Waals surface area contributed by atoms with E-state index in [0.717, 1.165) is 24.2 Å². The normalized spacial score (nSPS) is 18.6. The van der Waals surface area contributed by atoms with Gasteiger partial charge in [0.15, 0.2) is 5.70 Å². The van der Waals surface area contributed by atoms with E-state index < -0.39 is 5.97 Å². The number of thioether (sulfide) groups is 1. The Morgan fingerprint density at radius 2 is 2.28 bits per heavy atom. The molecule has 1 fully saturated rings. The molecule has 0 spiro atoms. The van der Waals surface area contributed by atoms with Gasteiger partial charge in [-0.1, -0.05) is 12.5 Å². The highest BCUT2D eigenvalue weighted by Crippen LogP contribution is 2.51. The first-order chi connectivity index (χ1) is 8.50. The quantitative estimate of drug-likeness (QED) is 0.454. The van der Waals surface area contributed by atoms with Crippen molar-refractivity contribution in [3.63, 3.8) is 0 Å². The Labute approximate surface area is 111 Å². The number of aliphatic carboxylic acids is 1. The summed E-state index contributed by atoms with van der Waals surface area (Å²) in [5.74, 6) is -0.350. The maximum atomic E-state index is 11.1. The minimum Gasteiger partial charge on any atom is -0.476 e. The zero-order valence-corrected chi connectivity index (χ0v) is 11.4. The molecule has 0 heterocycles. The highest BCUT2D eigenvalue weighted by atomic mass is 32.2. The minimum atomic E-state index is -1.09. The van der Waals surface area contributed by atoms with E-state index in [2.05, 4.69) is 17.8 Å². The van der Waals surface area contributed by atoms with Crippen molar-refractivity contribution in [2.24, 2.45) is 10.4 Å². The number of nitriles is 1. The van der Waals surface area contributed by atoms with E-state index in [1.807, 2.05) is 13.8 Å². The van der Waals surface area contributed by atoms with Crippen molar-refractivity contribution in [2.75, 3.05) is 5.75 Å². The average Bonchev–Trinajstić information content (AvgIpc) is 3.10. The number of carboxylic acids is 1. The molecular formula is C13H16N2O2S. The van der Waals surface area contributed by atoms with Gasteiger partial charge in [0.2, 0.25) is 0 Å². The van der Waals surface area contributed by atoms with Crippen molar-refractivity contribution in [1.82, 2.24) is 0 Å². The summed E-state index contributed by atoms with van der Waals surface area (Å²) in [6, 6.07) is 2.29. The van der Waals surface area contributed by atoms with Gasteiger partial charge in [0, 0.05) is 4.91 Å². The van der Waals surface area contributed by atoms with Crippen molar-refractivity contribution >= 4 is 24.4 Å². The van der Waals surface area contributed by atoms with Crippen LogP contribution >= 0.6 is 11.8 Å². The second kappa shape index (κ2) is 5.87. The lowest BCUT2D eigenvalue weighted by Crippen LogP contribution is -2.03. The maximum Gasteiger partial charge on any atom is 0.355 e. The first-order valence-corrected chi connectivity index (χ1v) is 6.66. The standard InChI is InChI=1S/C13H16N2O2S/c1-4-18-10(11(15-3)12(16)17)7-9(2)13(8-14)5-6-13/h7H,3-6H2,1-2H3,(H,16,17)/b9-7+,11-10+. The van der Waals surface area contributed by atoms with Crippen LogP contribution < -0.4 is 0 Å². The Bertz CT molecular complexity index is 468. The molecule has 1 N–H and O–H groups in total. The highest BCUT2D eigenvalue weighted by molar-refractivity contribution is 8.03. The first-order valence-electron chi connectivity index (χ1n) is 5.68. The second-order valence-electron chi connectivity index (χ2n) is 4.13. The van der Waals surface area contributed by atoms with Gasteiger partial charge in [-0.3, -0.25) is 4.99 Å². The Kier molecular flexibility index (Phi) is 4.74. The van der Waals surface area contributed by atoms with Gasteiger partial charge in [-0.15, -0.1) is 11.8 Å². The molecule has 0 aromatic carbocycles. The van der Waals surface area contributed by atoms with Crippen molar-refractivity contribution in [3.05, 3.63) is 22.3 Å². The molecular weight excluding hydrogens is 248 g/mol. The van der Waals surface area contributed by atoms with E-state index in [-0.39, 0.29) is 11.1 Å². The Hall–Kier alpha value is -1.54. The van der Waals surface area contributed by atoms with Crippen LogP contribution in [0.2, 0.25) is 0 Å². The van der Waals surface area contributed by atoms with Crippen LogP contribution in [-0.2, 0) is 4.79 Å². The topological polar surface area (TPSA) is 73.4 Å². The molecule has 1 saturated carbocycles. The van der Waals surface area contributed by atoms with Crippen molar-refractivity contribution < 1.29 is 9.90 Å². The molecule has 4 nitrogen and oxygen atoms in total. The van der Waals surface area contributed by atoms with Crippen LogP contribution in [0.4, 0.5) is 0 Å². The number of carbonyl (C=O) groups is 1. The summed E-state index contributed by atoms with van der Waals surface area (Å²) in [6.45, 7) is 7.10. The van der Waals surface area contributed by atoms with Gasteiger partial charge in [-0.2, -0.15) is 5.26 Å². The van der Waals surface area contributed by atoms with Crippen LogP contribution in [-0.4, -0.2) is 23.5 Å². The molecule has 0 amide bonds. The fraction of sp³-hybridized carbons (Fsp3) is 0.462. The molecule has 1 aliphatic carbocycles. The predicted molar refractivity (Wildman–Crippen MR) is 73.4 cm³/mol. The number of rotatable bonds is 6. The number of aliphatic imine (C=N–C) groups is 1. The van der Waals surface area contributed by atoms with E-state index >= 15 is 0 Å². The summed E-state index contributed by atoms with van der Waals surface area (Å²) in [7, 11) is 0. The molecule has 1 rings (SSSR count). The lowest BCUT2D eigenvalue weighted by Gasteiger charge is -2.09. The molecule has 0 bridgehead atoms. The van der Waals surface area contributed by atoms with Gasteiger partial charge in [-0.05, 0) is 38.3 Å². The molecule has 96 valence electrons. The molecule has 1 aliphatic rings. The Morgan fingerprint density at radius 3 is 2.61 bits per heavy atom. The van der Waals surface area contributed by atoms with Gasteiger partial charge in [0.05, 0.1) is 11.5 Å². The fourth-order valence-corrected chi connectivity index (χ4v) is 2.50. The Morgan fingerprint density at radius 1 is 1.67 bits per heavy atom. The fourth-order valence-electron chi connectivity index (χ4n) is 1.64. The molecule has 0 aromatic rings. The summed E-state index contributed by atoms with van der Waals surface area (Å²) in [5.41, 5.74) is 0.475. The largest absolute Gasteiger partial charge is 0.476 e. The van der Waals surface area contributed by atoms with Crippen molar-refractivity contribution in [3.8, 4) is 6.07 Å².